The minimum Gasteiger partial charge on any atom is -0.400 e. The van der Waals surface area contributed by atoms with E-state index in [9.17, 15) is 38.3 Å². The standard InChI is InChI=1S/C31H48FN4O6PS2.C16H25NO2S2.C9H11FN2O4.2CH4O.S4.7U/c1-21(2)36(22(3)4)43(42-29-24(6)41-30(28(29)32)35-17-16-27(38)34-31(35)39)40-18-10-11-19-44-45-23(5)14-15-26(37)33-20-25-12-8-7-9-13-25;1-14(21-20-12-6-5-11-18)9-10-16(19)17-13-15-7-3-2-4-8-15;1-4-7(14)6(10)8(16-4)12-3-2-5(13)11-9(12)15;2*1-2;1-3-4-2;;;;;;;/h7-9,12-13,16-17,21-24,28-30H,10-11,14-15,18-20H2,1-6H3,(H,33,37)(H,34,38,39);2-4,7-8,14,18H,5-6,9-13H2,1H3,(H,17,19);2-4,6-8,14H,1H3,(H,11,13,15);2*2H,1H3;;;;;;;;/t23?,24-,28?,29+,30-,43?;;4-,6?,7+,8-;;;;;;;;;;/m1.1........../s1/i6D;;1D;2*2T;;;;;;;;. The fourth-order valence-electron chi connectivity index (χ4n) is 8.00. The number of aromatic nitrogens is 4. The van der Waals surface area contributed by atoms with Crippen molar-refractivity contribution in [2.75, 3.05) is 38.9 Å². The van der Waals surface area contributed by atoms with E-state index in [4.69, 9.17) is 29.2 Å². The Morgan fingerprint density at radius 1 is 0.680 bits per heavy atom. The number of nitrogens with zero attached hydrogens (tertiary/aromatic N) is 3. The van der Waals surface area contributed by atoms with Gasteiger partial charge in [0.1, 0.15) is 12.2 Å². The molecule has 11 atom stereocenters. The van der Waals surface area contributed by atoms with Gasteiger partial charge in [0.25, 0.3) is 19.6 Å². The normalized spacial score (nSPS) is 19.1. The van der Waals surface area contributed by atoms with Crippen LogP contribution in [0.25, 0.3) is 0 Å². The maximum Gasteiger partial charge on any atom is 0.330 e. The number of halogens is 2. The Kier molecular flexibility index (Phi) is 76.9. The van der Waals surface area contributed by atoms with Gasteiger partial charge in [-0.3, -0.25) is 38.3 Å². The minimum atomic E-state index is -1.81. The summed E-state index contributed by atoms with van der Waals surface area (Å²) < 4.78 is 83.2. The molecule has 21 nitrogen and oxygen atoms in total. The van der Waals surface area contributed by atoms with Crippen molar-refractivity contribution >= 4 is 104 Å². The molecule has 2 aliphatic rings. The molecule has 4 heterocycles. The number of ether oxygens (including phenoxy) is 2. The van der Waals surface area contributed by atoms with Crippen LogP contribution in [0.1, 0.15) is 133 Å². The number of aliphatic hydroxyl groups is 4. The predicted molar refractivity (Wildman–Crippen MR) is 373 cm³/mol. The zero-order valence-corrected chi connectivity index (χ0v) is 92.0. The number of carbonyl (C=O) groups is 2. The van der Waals surface area contributed by atoms with Crippen molar-refractivity contribution in [1.29, 1.82) is 2.86 Å². The summed E-state index contributed by atoms with van der Waals surface area (Å²) in [7, 11) is 10.5. The predicted octanol–water partition coefficient (Wildman–Crippen LogP) is 8.17. The molecule has 0 spiro atoms. The Balaban J connectivity index is -0.000000267. The van der Waals surface area contributed by atoms with Gasteiger partial charge < -0.3 is 49.6 Å². The van der Waals surface area contributed by atoms with E-state index in [2.05, 4.69) is 66.7 Å². The number of nitrogens with one attached hydrogen (secondary N) is 4. The molecule has 97 heavy (non-hydrogen) atoms. The number of hydrogen-bond donors (Lipinski definition) is 8. The molecule has 6 rings (SSSR count). The van der Waals surface area contributed by atoms with Crippen molar-refractivity contribution in [3.8, 4) is 0 Å². The molecule has 2 fully saturated rings. The number of aromatic amines is 2. The van der Waals surface area contributed by atoms with Gasteiger partial charge >= 0.3 is 11.4 Å². The summed E-state index contributed by atoms with van der Waals surface area (Å²) in [4.78, 5) is 74.1. The molecule has 0 radical (unpaired) electrons. The number of benzene rings is 2. The molecule has 5 unspecified atom stereocenters. The third kappa shape index (κ3) is 49.2. The molecular formula is C58H92F2N7O14PS8U7. The van der Waals surface area contributed by atoms with Crippen LogP contribution in [-0.2, 0) is 81.3 Å². The van der Waals surface area contributed by atoms with Crippen LogP contribution < -0.4 is 33.1 Å². The second kappa shape index (κ2) is 70.7. The van der Waals surface area contributed by atoms with Crippen LogP contribution in [0.3, 0.4) is 0 Å². The van der Waals surface area contributed by atoms with E-state index in [-0.39, 0.29) is 262 Å². The van der Waals surface area contributed by atoms with Gasteiger partial charge in [-0.1, -0.05) is 118 Å². The molecule has 538 valence electrons. The number of rotatable bonds is 31. The zero-order valence-electron chi connectivity index (χ0n) is 59.4. The maximum atomic E-state index is 15.8. The van der Waals surface area contributed by atoms with Gasteiger partial charge in [0.05, 0.1) is 18.8 Å². The molecule has 39 heteroatoms. The smallest absolute Gasteiger partial charge is 0.330 e. The number of alkyl halides is 2. The van der Waals surface area contributed by atoms with E-state index in [0.717, 1.165) is 88.6 Å². The SMILES string of the molecule is CC(CCC(=O)NCc1ccccc1)SSCCCCO.S=S=S=S.[2H]C[C@H]1O[C@@H](n2ccc(=O)[nH]c2=O)C(F)[C@H]1O.[2H]C[C@H]1O[C@@H](n2ccc(=O)[nH]c2=O)C(F)[C@H]1OP(OCCCCSSC(C)CCC(=O)NCc1ccccc1)N(C(C)C)C(C)C.[3H]OC.[3H]OC.[U].[U].[U].[U].[U].[U].[U]. The monoisotopic (exact) mass is 3110 g/mol. The van der Waals surface area contributed by atoms with Gasteiger partial charge in [-0.05, 0) is 91.1 Å². The van der Waals surface area contributed by atoms with E-state index < -0.39 is 80.2 Å². The second-order valence-electron chi connectivity index (χ2n) is 20.1. The largest absolute Gasteiger partial charge is 0.400 e. The third-order valence-electron chi connectivity index (χ3n) is 12.4. The van der Waals surface area contributed by atoms with Gasteiger partial charge in [0.2, 0.25) is 14.7 Å². The molecule has 2 aliphatic heterocycles. The van der Waals surface area contributed by atoms with E-state index in [0.29, 0.717) is 43.0 Å². The summed E-state index contributed by atoms with van der Waals surface area (Å²) in [6.07, 6.45) is -1.96. The number of amides is 2. The Morgan fingerprint density at radius 2 is 1.08 bits per heavy atom. The Labute approximate surface area is 774 Å². The molecular weight excluding hydrogens is 3010 g/mol. The molecule has 2 saturated heterocycles. The summed E-state index contributed by atoms with van der Waals surface area (Å²) in [5, 5.41) is 31.9. The van der Waals surface area contributed by atoms with Crippen LogP contribution in [0.15, 0.2) is 104 Å². The number of aliphatic hydroxyl groups excluding tert-OH is 4. The number of hydrogen-bond acceptors (Lipinski definition) is 21. The average Bonchev–Trinajstić information content (AvgIpc) is 1.67. The third-order valence-corrected chi connectivity index (χ3v) is 22.9. The number of unbranched alkanes of at least 4 members (excludes halogenated alkanes) is 2. The quantitative estimate of drug-likeness (QED) is 0.0134. The van der Waals surface area contributed by atoms with Crippen molar-refractivity contribution in [2.24, 2.45) is 0 Å². The molecule has 8 N–H and O–H groups in total. The molecule has 2 aromatic heterocycles. The number of carbonyl (C=O) groups excluding carboxylic acids is 2. The topological polar surface area (TPSA) is 289 Å². The summed E-state index contributed by atoms with van der Waals surface area (Å²) >= 11 is 8.66. The Hall–Kier alpha value is 4.31. The van der Waals surface area contributed by atoms with Crippen LogP contribution in [0, 0.1) is 218 Å². The molecule has 0 bridgehead atoms. The van der Waals surface area contributed by atoms with Crippen LogP contribution in [0.4, 0.5) is 8.78 Å². The molecule has 4 aromatic rings. The van der Waals surface area contributed by atoms with Gasteiger partial charge in [-0.2, -0.15) is 0 Å². The molecule has 2 amide bonds. The fourth-order valence-corrected chi connectivity index (χ4v) is 14.8. The fraction of sp³-hybridized carbons (Fsp3) is 0.621. The summed E-state index contributed by atoms with van der Waals surface area (Å²) in [6.45, 7) is 13.7. The maximum absolute atomic E-state index is 15.8. The van der Waals surface area contributed by atoms with Crippen molar-refractivity contribution in [2.45, 2.75) is 192 Å². The number of H-pyrrole nitrogens is 2. The first-order valence-corrected chi connectivity index (χ1v) is 38.6. The Morgan fingerprint density at radius 3 is 1.45 bits per heavy atom. The summed E-state index contributed by atoms with van der Waals surface area (Å²) in [5.74, 6) is 2.17. The molecule has 2 aromatic carbocycles. The minimum absolute atomic E-state index is 0. The summed E-state index contributed by atoms with van der Waals surface area (Å²) in [6, 6.07) is 22.1. The first kappa shape index (κ1) is 105. The zero-order chi connectivity index (χ0) is 70.4. The van der Waals surface area contributed by atoms with E-state index in [1.807, 2.05) is 115 Å². The van der Waals surface area contributed by atoms with Crippen molar-refractivity contribution in [3.63, 3.8) is 0 Å². The van der Waals surface area contributed by atoms with Crippen LogP contribution >= 0.6 is 51.7 Å². The van der Waals surface area contributed by atoms with E-state index in [1.165, 1.54) is 38.2 Å². The summed E-state index contributed by atoms with van der Waals surface area (Å²) in [5.41, 5.74) is -0.577. The van der Waals surface area contributed by atoms with Crippen molar-refractivity contribution < 1.29 is 278 Å². The van der Waals surface area contributed by atoms with Gasteiger partial charge in [0.15, 0.2) is 24.8 Å². The van der Waals surface area contributed by atoms with Crippen molar-refractivity contribution in [1.82, 2.24) is 34.4 Å². The molecule has 0 saturated carbocycles. The second-order valence-corrected chi connectivity index (χ2v) is 30.9. The van der Waals surface area contributed by atoms with E-state index in [1.54, 1.807) is 21.6 Å². The van der Waals surface area contributed by atoms with E-state index >= 15 is 4.39 Å². The first-order chi connectivity index (χ1) is 45.0. The van der Waals surface area contributed by atoms with Crippen LogP contribution in [0.5, 0.6) is 0 Å². The van der Waals surface area contributed by atoms with Crippen LogP contribution in [0.2, 0.25) is 0 Å². The van der Waals surface area contributed by atoms with Crippen LogP contribution in [-0.4, -0.2) is 157 Å². The van der Waals surface area contributed by atoms with Gasteiger partial charge in [-0.25, -0.2) is 23.0 Å². The van der Waals surface area contributed by atoms with Crippen molar-refractivity contribution in [3.05, 3.63) is 138 Å². The Bertz CT molecular complexity index is 3020. The molecule has 0 aliphatic carbocycles. The van der Waals surface area contributed by atoms with Gasteiger partial charge in [-0.15, -0.1) is 0 Å². The van der Waals surface area contributed by atoms with Gasteiger partial charge in [0, 0.05) is 366 Å². The first-order valence-electron chi connectivity index (χ1n) is 31.0. The average molecular weight is 3110 g/mol.